The summed E-state index contributed by atoms with van der Waals surface area (Å²) in [5, 5.41) is 3.08. The predicted molar refractivity (Wildman–Crippen MR) is 70.4 cm³/mol. The largest absolute Gasteiger partial charge is 0.397 e. The molecule has 0 bridgehead atoms. The second kappa shape index (κ2) is 5.12. The SMILES string of the molecule is CC1CC(C)CC(Nc2c(N)ccc(F)c2F)C1. The fourth-order valence-electron chi connectivity index (χ4n) is 2.98. The maximum atomic E-state index is 13.7. The Morgan fingerprint density at radius 2 is 1.72 bits per heavy atom. The highest BCUT2D eigenvalue weighted by molar-refractivity contribution is 5.67. The van der Waals surface area contributed by atoms with Gasteiger partial charge in [-0.05, 0) is 43.2 Å². The summed E-state index contributed by atoms with van der Waals surface area (Å²) in [6.07, 6.45) is 3.14. The van der Waals surface area contributed by atoms with Crippen LogP contribution in [0.3, 0.4) is 0 Å². The third kappa shape index (κ3) is 2.74. The lowest BCUT2D eigenvalue weighted by atomic mass is 9.80. The minimum absolute atomic E-state index is 0.112. The minimum atomic E-state index is -0.874. The number of nitrogens with two attached hydrogens (primary N) is 1. The molecule has 3 N–H and O–H groups in total. The highest BCUT2D eigenvalue weighted by Gasteiger charge is 2.25. The number of anilines is 2. The van der Waals surface area contributed by atoms with Crippen molar-refractivity contribution in [2.24, 2.45) is 11.8 Å². The van der Waals surface area contributed by atoms with Crippen molar-refractivity contribution in [3.8, 4) is 0 Å². The van der Waals surface area contributed by atoms with Gasteiger partial charge in [0.15, 0.2) is 11.6 Å². The molecule has 2 rings (SSSR count). The summed E-state index contributed by atoms with van der Waals surface area (Å²) in [6, 6.07) is 2.63. The maximum Gasteiger partial charge on any atom is 0.183 e. The second-order valence-corrected chi connectivity index (χ2v) is 5.58. The molecule has 0 amide bonds. The van der Waals surface area contributed by atoms with Gasteiger partial charge in [-0.1, -0.05) is 13.8 Å². The fourth-order valence-corrected chi connectivity index (χ4v) is 2.98. The van der Waals surface area contributed by atoms with E-state index in [1.807, 2.05) is 0 Å². The van der Waals surface area contributed by atoms with Crippen LogP contribution in [-0.2, 0) is 0 Å². The van der Waals surface area contributed by atoms with E-state index in [-0.39, 0.29) is 17.4 Å². The van der Waals surface area contributed by atoms with Gasteiger partial charge in [-0.3, -0.25) is 0 Å². The Morgan fingerprint density at radius 3 is 2.33 bits per heavy atom. The molecule has 0 aromatic heterocycles. The van der Waals surface area contributed by atoms with Gasteiger partial charge in [0.2, 0.25) is 0 Å². The van der Waals surface area contributed by atoms with Gasteiger partial charge in [-0.15, -0.1) is 0 Å². The predicted octanol–water partition coefficient (Wildman–Crippen LogP) is 3.78. The fraction of sp³-hybridized carbons (Fsp3) is 0.571. The molecule has 1 saturated carbocycles. The van der Waals surface area contributed by atoms with Gasteiger partial charge < -0.3 is 11.1 Å². The highest BCUT2D eigenvalue weighted by Crippen LogP contribution is 2.33. The van der Waals surface area contributed by atoms with Gasteiger partial charge in [0, 0.05) is 6.04 Å². The summed E-state index contributed by atoms with van der Waals surface area (Å²) in [5.41, 5.74) is 6.08. The molecule has 1 fully saturated rings. The zero-order valence-electron chi connectivity index (χ0n) is 10.8. The van der Waals surface area contributed by atoms with Crippen LogP contribution in [0.5, 0.6) is 0 Å². The topological polar surface area (TPSA) is 38.0 Å². The van der Waals surface area contributed by atoms with Crippen LogP contribution in [0, 0.1) is 23.5 Å². The van der Waals surface area contributed by atoms with Crippen molar-refractivity contribution in [2.45, 2.75) is 39.2 Å². The summed E-state index contributed by atoms with van der Waals surface area (Å²) in [4.78, 5) is 0. The van der Waals surface area contributed by atoms with E-state index in [1.54, 1.807) is 0 Å². The normalized spacial score (nSPS) is 28.1. The van der Waals surface area contributed by atoms with E-state index in [9.17, 15) is 8.78 Å². The molecule has 0 heterocycles. The molecule has 2 atom stereocenters. The van der Waals surface area contributed by atoms with Crippen molar-refractivity contribution >= 4 is 11.4 Å². The van der Waals surface area contributed by atoms with E-state index in [4.69, 9.17) is 5.73 Å². The van der Waals surface area contributed by atoms with E-state index in [0.717, 1.165) is 18.9 Å². The molecule has 4 heteroatoms. The third-order valence-corrected chi connectivity index (χ3v) is 3.65. The lowest BCUT2D eigenvalue weighted by Crippen LogP contribution is -2.31. The molecule has 2 unspecified atom stereocenters. The minimum Gasteiger partial charge on any atom is -0.397 e. The Kier molecular flexibility index (Phi) is 3.73. The summed E-state index contributed by atoms with van der Waals surface area (Å²) in [6.45, 7) is 4.38. The van der Waals surface area contributed by atoms with Crippen molar-refractivity contribution < 1.29 is 8.78 Å². The first-order valence-electron chi connectivity index (χ1n) is 6.47. The number of hydrogen-bond acceptors (Lipinski definition) is 2. The van der Waals surface area contributed by atoms with Crippen LogP contribution in [-0.4, -0.2) is 6.04 Å². The summed E-state index contributed by atoms with van der Waals surface area (Å²) < 4.78 is 26.9. The van der Waals surface area contributed by atoms with E-state index in [0.29, 0.717) is 11.8 Å². The lowest BCUT2D eigenvalue weighted by molar-refractivity contribution is 0.280. The lowest BCUT2D eigenvalue weighted by Gasteiger charge is -2.33. The summed E-state index contributed by atoms with van der Waals surface area (Å²) >= 11 is 0. The van der Waals surface area contributed by atoms with Crippen LogP contribution in [0.15, 0.2) is 12.1 Å². The maximum absolute atomic E-state index is 13.7. The molecule has 0 aliphatic heterocycles. The number of nitrogen functional groups attached to an aromatic ring is 1. The quantitative estimate of drug-likeness (QED) is 0.788. The van der Waals surface area contributed by atoms with Crippen molar-refractivity contribution in [2.75, 3.05) is 11.1 Å². The van der Waals surface area contributed by atoms with Crippen molar-refractivity contribution in [1.29, 1.82) is 0 Å². The average molecular weight is 254 g/mol. The Morgan fingerprint density at radius 1 is 1.11 bits per heavy atom. The molecule has 0 saturated heterocycles. The molecule has 2 nitrogen and oxygen atoms in total. The summed E-state index contributed by atoms with van der Waals surface area (Å²) in [7, 11) is 0. The van der Waals surface area contributed by atoms with E-state index >= 15 is 0 Å². The Bertz CT molecular complexity index is 424. The molecule has 100 valence electrons. The standard InChI is InChI=1S/C14H20F2N2/c1-8-5-9(2)7-10(6-8)18-14-12(17)4-3-11(15)13(14)16/h3-4,8-10,18H,5-7,17H2,1-2H3. The molecule has 1 aromatic rings. The van der Waals surface area contributed by atoms with Crippen LogP contribution in [0.1, 0.15) is 33.1 Å². The van der Waals surface area contributed by atoms with Crippen molar-refractivity contribution in [3.05, 3.63) is 23.8 Å². The molecular weight excluding hydrogens is 234 g/mol. The van der Waals surface area contributed by atoms with E-state index in [2.05, 4.69) is 19.2 Å². The molecule has 1 aromatic carbocycles. The van der Waals surface area contributed by atoms with Crippen LogP contribution >= 0.6 is 0 Å². The molecule has 1 aliphatic carbocycles. The number of halogens is 2. The Hall–Kier alpha value is -1.32. The second-order valence-electron chi connectivity index (χ2n) is 5.58. The third-order valence-electron chi connectivity index (χ3n) is 3.65. The highest BCUT2D eigenvalue weighted by atomic mass is 19.2. The molecule has 18 heavy (non-hydrogen) atoms. The number of nitrogens with one attached hydrogen (secondary N) is 1. The van der Waals surface area contributed by atoms with Gasteiger partial charge in [-0.2, -0.15) is 0 Å². The van der Waals surface area contributed by atoms with E-state index < -0.39 is 11.6 Å². The Labute approximate surface area is 107 Å². The van der Waals surface area contributed by atoms with Gasteiger partial charge in [0.1, 0.15) is 0 Å². The molecular formula is C14H20F2N2. The van der Waals surface area contributed by atoms with Crippen LogP contribution < -0.4 is 11.1 Å². The average Bonchev–Trinajstić information content (AvgIpc) is 2.28. The molecule has 1 aliphatic rings. The number of benzene rings is 1. The number of rotatable bonds is 2. The van der Waals surface area contributed by atoms with Crippen LogP contribution in [0.4, 0.5) is 20.2 Å². The molecule has 0 radical (unpaired) electrons. The van der Waals surface area contributed by atoms with Crippen molar-refractivity contribution in [3.63, 3.8) is 0 Å². The monoisotopic (exact) mass is 254 g/mol. The first kappa shape index (κ1) is 13.1. The van der Waals surface area contributed by atoms with Gasteiger partial charge in [-0.25, -0.2) is 8.78 Å². The van der Waals surface area contributed by atoms with Crippen LogP contribution in [0.25, 0.3) is 0 Å². The first-order chi connectivity index (χ1) is 8.47. The number of hydrogen-bond donors (Lipinski definition) is 2. The smallest absolute Gasteiger partial charge is 0.183 e. The first-order valence-corrected chi connectivity index (χ1v) is 6.47. The Balaban J connectivity index is 2.16. The molecule has 0 spiro atoms. The van der Waals surface area contributed by atoms with E-state index in [1.165, 1.54) is 12.5 Å². The zero-order chi connectivity index (χ0) is 13.3. The summed E-state index contributed by atoms with van der Waals surface area (Å²) in [5.74, 6) is -0.530. The van der Waals surface area contributed by atoms with Crippen molar-refractivity contribution in [1.82, 2.24) is 0 Å². The van der Waals surface area contributed by atoms with Gasteiger partial charge >= 0.3 is 0 Å². The van der Waals surface area contributed by atoms with Gasteiger partial charge in [0.25, 0.3) is 0 Å². The zero-order valence-corrected chi connectivity index (χ0v) is 10.8. The van der Waals surface area contributed by atoms with Gasteiger partial charge in [0.05, 0.1) is 11.4 Å². The van der Waals surface area contributed by atoms with Crippen LogP contribution in [0.2, 0.25) is 0 Å².